The monoisotopic (exact) mass is 388 g/mol. The fraction of sp³-hybridized carbons (Fsp3) is 0.261. The average molecular weight is 388 g/mol. The summed E-state index contributed by atoms with van der Waals surface area (Å²) in [5.74, 6) is 2.01. The first-order valence-corrected chi connectivity index (χ1v) is 9.71. The standard InChI is InChI=1S/C23H24N4O2/c1-14-8-10-16(11-9-14)24-22-21-18(12-15(2)13-19(21)28)26-23(27-22)25-17-6-4-5-7-20(17)29-3/h4-11,15H,12-13H2,1-3H3,(H2,24,25,26,27). The van der Waals surface area contributed by atoms with Crippen LogP contribution in [0.3, 0.4) is 0 Å². The summed E-state index contributed by atoms with van der Waals surface area (Å²) in [7, 11) is 1.62. The van der Waals surface area contributed by atoms with Gasteiger partial charge in [-0.1, -0.05) is 36.8 Å². The van der Waals surface area contributed by atoms with Crippen LogP contribution in [0.5, 0.6) is 5.75 Å². The van der Waals surface area contributed by atoms with Crippen molar-refractivity contribution in [2.45, 2.75) is 26.7 Å². The van der Waals surface area contributed by atoms with Crippen molar-refractivity contribution in [2.24, 2.45) is 5.92 Å². The van der Waals surface area contributed by atoms with Crippen LogP contribution >= 0.6 is 0 Å². The number of fused-ring (bicyclic) bond motifs is 1. The molecule has 1 aliphatic rings. The Hall–Kier alpha value is -3.41. The molecule has 1 atom stereocenters. The highest BCUT2D eigenvalue weighted by Crippen LogP contribution is 2.33. The molecule has 0 fully saturated rings. The Labute approximate surface area is 170 Å². The molecule has 29 heavy (non-hydrogen) atoms. The van der Waals surface area contributed by atoms with E-state index >= 15 is 0 Å². The van der Waals surface area contributed by atoms with Gasteiger partial charge in [0.1, 0.15) is 11.6 Å². The van der Waals surface area contributed by atoms with Crippen LogP contribution in [0.1, 0.15) is 35.0 Å². The number of carbonyl (C=O) groups excluding carboxylic acids is 1. The number of ketones is 1. The zero-order valence-electron chi connectivity index (χ0n) is 16.8. The van der Waals surface area contributed by atoms with Gasteiger partial charge in [-0.3, -0.25) is 4.79 Å². The third kappa shape index (κ3) is 4.06. The molecule has 2 N–H and O–H groups in total. The minimum Gasteiger partial charge on any atom is -0.495 e. The van der Waals surface area contributed by atoms with Gasteiger partial charge >= 0.3 is 0 Å². The molecular formula is C23H24N4O2. The second-order valence-corrected chi connectivity index (χ2v) is 7.47. The van der Waals surface area contributed by atoms with E-state index in [1.165, 1.54) is 5.56 Å². The van der Waals surface area contributed by atoms with Crippen LogP contribution in [-0.2, 0) is 6.42 Å². The van der Waals surface area contributed by atoms with E-state index in [4.69, 9.17) is 4.74 Å². The van der Waals surface area contributed by atoms with Crippen molar-refractivity contribution >= 4 is 28.9 Å². The molecule has 1 aliphatic carbocycles. The van der Waals surface area contributed by atoms with Crippen LogP contribution in [0.2, 0.25) is 0 Å². The highest BCUT2D eigenvalue weighted by Gasteiger charge is 2.28. The fourth-order valence-corrected chi connectivity index (χ4v) is 3.56. The molecule has 0 bridgehead atoms. The number of aryl methyl sites for hydroxylation is 1. The number of anilines is 4. The minimum atomic E-state index is 0.0807. The number of Topliss-reactive ketones (excluding diaryl/α,β-unsaturated/α-hetero) is 1. The van der Waals surface area contributed by atoms with Gasteiger partial charge in [0.05, 0.1) is 24.1 Å². The number of aromatic nitrogens is 2. The SMILES string of the molecule is COc1ccccc1Nc1nc2c(c(Nc3ccc(C)cc3)n1)C(=O)CC(C)C2. The molecule has 6 nitrogen and oxygen atoms in total. The number of para-hydroxylation sites is 2. The van der Waals surface area contributed by atoms with Crippen LogP contribution in [0.25, 0.3) is 0 Å². The number of methoxy groups -OCH3 is 1. The van der Waals surface area contributed by atoms with Crippen molar-refractivity contribution in [1.82, 2.24) is 9.97 Å². The molecule has 0 spiro atoms. The lowest BCUT2D eigenvalue weighted by Gasteiger charge is -2.23. The second-order valence-electron chi connectivity index (χ2n) is 7.47. The molecule has 3 aromatic rings. The summed E-state index contributed by atoms with van der Waals surface area (Å²) in [6.07, 6.45) is 1.25. The highest BCUT2D eigenvalue weighted by molar-refractivity contribution is 6.03. The van der Waals surface area contributed by atoms with Crippen LogP contribution in [0.4, 0.5) is 23.1 Å². The van der Waals surface area contributed by atoms with Crippen LogP contribution < -0.4 is 15.4 Å². The Morgan fingerprint density at radius 3 is 2.52 bits per heavy atom. The van der Waals surface area contributed by atoms with E-state index in [0.717, 1.165) is 23.5 Å². The maximum atomic E-state index is 12.8. The third-order valence-electron chi connectivity index (χ3n) is 5.01. The van der Waals surface area contributed by atoms with E-state index in [2.05, 4.69) is 27.5 Å². The molecule has 2 aromatic carbocycles. The summed E-state index contributed by atoms with van der Waals surface area (Å²) in [5.41, 5.74) is 4.19. The molecule has 4 rings (SSSR count). The summed E-state index contributed by atoms with van der Waals surface area (Å²) < 4.78 is 5.41. The van der Waals surface area contributed by atoms with Gasteiger partial charge in [0.25, 0.3) is 0 Å². The maximum absolute atomic E-state index is 12.8. The summed E-state index contributed by atoms with van der Waals surface area (Å²) in [6, 6.07) is 15.6. The number of rotatable bonds is 5. The van der Waals surface area contributed by atoms with Gasteiger partial charge in [-0.2, -0.15) is 4.98 Å². The predicted octanol–water partition coefficient (Wildman–Crippen LogP) is 5.05. The molecule has 6 heteroatoms. The number of nitrogens with zero attached hydrogens (tertiary/aromatic N) is 2. The van der Waals surface area contributed by atoms with Crippen molar-refractivity contribution in [2.75, 3.05) is 17.7 Å². The molecule has 0 radical (unpaired) electrons. The summed E-state index contributed by atoms with van der Waals surface area (Å²) >= 11 is 0. The first-order valence-electron chi connectivity index (χ1n) is 9.71. The van der Waals surface area contributed by atoms with E-state index < -0.39 is 0 Å². The summed E-state index contributed by atoms with van der Waals surface area (Å²) in [5, 5.41) is 6.56. The van der Waals surface area contributed by atoms with Gasteiger partial charge in [-0.25, -0.2) is 4.98 Å². The van der Waals surface area contributed by atoms with Crippen molar-refractivity contribution < 1.29 is 9.53 Å². The first-order chi connectivity index (χ1) is 14.0. The molecule has 0 saturated carbocycles. The van der Waals surface area contributed by atoms with E-state index in [1.54, 1.807) is 7.11 Å². The normalized spacial score (nSPS) is 15.6. The summed E-state index contributed by atoms with van der Waals surface area (Å²) in [6.45, 7) is 4.11. The van der Waals surface area contributed by atoms with E-state index in [-0.39, 0.29) is 11.7 Å². The summed E-state index contributed by atoms with van der Waals surface area (Å²) in [4.78, 5) is 22.1. The molecule has 1 aromatic heterocycles. The second kappa shape index (κ2) is 7.91. The first kappa shape index (κ1) is 18.9. The number of hydrogen-bond donors (Lipinski definition) is 2. The van der Waals surface area contributed by atoms with E-state index in [9.17, 15) is 4.79 Å². The third-order valence-corrected chi connectivity index (χ3v) is 5.01. The molecule has 0 aliphatic heterocycles. The topological polar surface area (TPSA) is 76.1 Å². The number of carbonyl (C=O) groups is 1. The lowest BCUT2D eigenvalue weighted by molar-refractivity contribution is 0.0953. The Bertz CT molecular complexity index is 1050. The van der Waals surface area contributed by atoms with Gasteiger partial charge < -0.3 is 15.4 Å². The Balaban J connectivity index is 1.76. The maximum Gasteiger partial charge on any atom is 0.229 e. The number of ether oxygens (including phenoxy) is 1. The van der Waals surface area contributed by atoms with Gasteiger partial charge in [0, 0.05) is 12.1 Å². The predicted molar refractivity (Wildman–Crippen MR) is 115 cm³/mol. The van der Waals surface area contributed by atoms with Crippen LogP contribution in [0, 0.1) is 12.8 Å². The Kier molecular flexibility index (Phi) is 5.16. The highest BCUT2D eigenvalue weighted by atomic mass is 16.5. The lowest BCUT2D eigenvalue weighted by atomic mass is 9.87. The number of hydrogen-bond acceptors (Lipinski definition) is 6. The van der Waals surface area contributed by atoms with Crippen molar-refractivity contribution in [3.8, 4) is 5.75 Å². The molecule has 0 saturated heterocycles. The Morgan fingerprint density at radius 1 is 1.00 bits per heavy atom. The quantitative estimate of drug-likeness (QED) is 0.637. The van der Waals surface area contributed by atoms with Crippen molar-refractivity contribution in [3.05, 3.63) is 65.4 Å². The smallest absolute Gasteiger partial charge is 0.229 e. The molecule has 0 amide bonds. The fourth-order valence-electron chi connectivity index (χ4n) is 3.56. The zero-order valence-corrected chi connectivity index (χ0v) is 16.8. The average Bonchev–Trinajstić information content (AvgIpc) is 2.69. The van der Waals surface area contributed by atoms with E-state index in [1.807, 2.05) is 55.5 Å². The zero-order chi connectivity index (χ0) is 20.4. The largest absolute Gasteiger partial charge is 0.495 e. The molecule has 148 valence electrons. The van der Waals surface area contributed by atoms with Crippen molar-refractivity contribution in [1.29, 1.82) is 0 Å². The van der Waals surface area contributed by atoms with Crippen LogP contribution in [-0.4, -0.2) is 22.9 Å². The van der Waals surface area contributed by atoms with Gasteiger partial charge in [-0.15, -0.1) is 0 Å². The molecule has 1 unspecified atom stereocenters. The van der Waals surface area contributed by atoms with Crippen molar-refractivity contribution in [3.63, 3.8) is 0 Å². The van der Waals surface area contributed by atoms with Gasteiger partial charge in [0.2, 0.25) is 5.95 Å². The van der Waals surface area contributed by atoms with Gasteiger partial charge in [0.15, 0.2) is 5.78 Å². The van der Waals surface area contributed by atoms with Crippen LogP contribution in [0.15, 0.2) is 48.5 Å². The molecule has 1 heterocycles. The van der Waals surface area contributed by atoms with E-state index in [0.29, 0.717) is 29.5 Å². The lowest BCUT2D eigenvalue weighted by Crippen LogP contribution is -2.22. The Morgan fingerprint density at radius 2 is 1.76 bits per heavy atom. The minimum absolute atomic E-state index is 0.0807. The molecular weight excluding hydrogens is 364 g/mol. The number of nitrogens with one attached hydrogen (secondary N) is 2. The number of benzene rings is 2. The van der Waals surface area contributed by atoms with Gasteiger partial charge in [-0.05, 0) is 43.5 Å².